The van der Waals surface area contributed by atoms with Crippen LogP contribution in [0.15, 0.2) is 146 Å². The van der Waals surface area contributed by atoms with E-state index in [1.54, 1.807) is 0 Å². The van der Waals surface area contributed by atoms with Crippen LogP contribution in [0.2, 0.25) is 0 Å². The Labute approximate surface area is 346 Å². The Morgan fingerprint density at radius 1 is 0.351 bits per heavy atom. The fourth-order valence-electron chi connectivity index (χ4n) is 6.99. The van der Waals surface area contributed by atoms with Crippen LogP contribution in [0.3, 0.4) is 0 Å². The van der Waals surface area contributed by atoms with Gasteiger partial charge in [0.15, 0.2) is 16.3 Å². The van der Waals surface area contributed by atoms with E-state index in [1.165, 1.54) is 54.6 Å². The maximum atomic E-state index is 7.60. The van der Waals surface area contributed by atoms with Crippen LogP contribution >= 0.6 is 16.3 Å². The van der Waals surface area contributed by atoms with Gasteiger partial charge in [-0.1, -0.05) is 229 Å². The van der Waals surface area contributed by atoms with Gasteiger partial charge in [-0.3, -0.25) is 0 Å². The second-order valence-corrected chi connectivity index (χ2v) is 22.9. The molecule has 0 N–H and O–H groups in total. The smallest absolute Gasteiger partial charge is 0.150 e. The molecule has 0 unspecified atom stereocenters. The van der Waals surface area contributed by atoms with Crippen LogP contribution in [0, 0.1) is 0 Å². The molecule has 0 bridgehead atoms. The number of hydrogen-bond acceptors (Lipinski definition) is 2. The van der Waals surface area contributed by atoms with Gasteiger partial charge in [0.2, 0.25) is 0 Å². The van der Waals surface area contributed by atoms with Gasteiger partial charge in [-0.15, -0.1) is 0 Å². The monoisotopic (exact) mass is 792 g/mol. The van der Waals surface area contributed by atoms with Gasteiger partial charge < -0.3 is 9.05 Å². The van der Waals surface area contributed by atoms with Crippen LogP contribution in [0.25, 0.3) is 0 Å². The Kier molecular flexibility index (Phi) is 12.6. The molecule has 0 saturated heterocycles. The fraction of sp³-hybridized carbons (Fsp3) is 0.321. The van der Waals surface area contributed by atoms with Gasteiger partial charge >= 0.3 is 0 Å². The standard InChI is InChI=1S/C53H62O2P2/c1-50(2,3)40-34-38(48(46(36-40)52(7,8)9)54-56(42-25-17-13-18-26-42)43-27-19-14-20-28-43)33-39-35-41(51(4,5)6)37-47(53(10,11)12)49(39)55-57(44-29-21-15-22-30-44)45-31-23-16-24-32-45/h13-32,34-37H,33H2,1-12H3. The Hall–Kier alpha value is -4.22. The van der Waals surface area contributed by atoms with Crippen molar-refractivity contribution in [1.29, 1.82) is 0 Å². The highest BCUT2D eigenvalue weighted by Gasteiger charge is 2.32. The predicted molar refractivity (Wildman–Crippen MR) is 250 cm³/mol. The molecule has 0 aliphatic rings. The summed E-state index contributed by atoms with van der Waals surface area (Å²) in [5.74, 6) is 1.96. The van der Waals surface area contributed by atoms with Crippen molar-refractivity contribution in [1.82, 2.24) is 0 Å². The average Bonchev–Trinajstić information content (AvgIpc) is 3.16. The third-order valence-corrected chi connectivity index (χ3v) is 14.2. The van der Waals surface area contributed by atoms with E-state index in [9.17, 15) is 0 Å². The summed E-state index contributed by atoms with van der Waals surface area (Å²) in [6, 6.07) is 52.7. The molecule has 296 valence electrons. The zero-order valence-electron chi connectivity index (χ0n) is 36.3. The first-order valence-electron chi connectivity index (χ1n) is 20.3. The molecule has 0 spiro atoms. The van der Waals surface area contributed by atoms with Gasteiger partial charge in [0.05, 0.1) is 0 Å². The summed E-state index contributed by atoms with van der Waals surface area (Å²) in [6.07, 6.45) is 0.657. The molecular formula is C53H62O2P2. The number of benzene rings is 6. The molecule has 6 aromatic rings. The maximum absolute atomic E-state index is 7.60. The van der Waals surface area contributed by atoms with Crippen LogP contribution in [0.5, 0.6) is 11.5 Å². The highest BCUT2D eigenvalue weighted by atomic mass is 31.1. The fourth-order valence-corrected chi connectivity index (χ4v) is 10.6. The van der Waals surface area contributed by atoms with Crippen molar-refractivity contribution < 1.29 is 9.05 Å². The van der Waals surface area contributed by atoms with Crippen molar-refractivity contribution in [3.63, 3.8) is 0 Å². The highest BCUT2D eigenvalue weighted by Crippen LogP contribution is 2.49. The lowest BCUT2D eigenvalue weighted by atomic mass is 9.76. The molecule has 6 rings (SSSR count). The van der Waals surface area contributed by atoms with E-state index in [0.29, 0.717) is 6.42 Å². The van der Waals surface area contributed by atoms with E-state index in [2.05, 4.69) is 229 Å². The summed E-state index contributed by atoms with van der Waals surface area (Å²) in [5.41, 5.74) is 6.92. The van der Waals surface area contributed by atoms with Crippen LogP contribution in [0.4, 0.5) is 0 Å². The first kappa shape index (κ1) is 42.4. The lowest BCUT2D eigenvalue weighted by Gasteiger charge is -2.33. The molecular weight excluding hydrogens is 731 g/mol. The van der Waals surface area contributed by atoms with Gasteiger partial charge in [0, 0.05) is 38.8 Å². The zero-order valence-corrected chi connectivity index (χ0v) is 38.1. The second kappa shape index (κ2) is 16.9. The van der Waals surface area contributed by atoms with E-state index in [1.807, 2.05) is 0 Å². The lowest BCUT2D eigenvalue weighted by molar-refractivity contribution is 0.522. The van der Waals surface area contributed by atoms with E-state index >= 15 is 0 Å². The van der Waals surface area contributed by atoms with E-state index in [4.69, 9.17) is 9.05 Å². The van der Waals surface area contributed by atoms with E-state index in [-0.39, 0.29) is 21.7 Å². The van der Waals surface area contributed by atoms with Crippen molar-refractivity contribution in [2.45, 2.75) is 111 Å². The molecule has 0 saturated carbocycles. The minimum atomic E-state index is -1.18. The largest absolute Gasteiger partial charge is 0.464 e. The van der Waals surface area contributed by atoms with Gasteiger partial charge in [-0.25, -0.2) is 0 Å². The number of rotatable bonds is 10. The minimum absolute atomic E-state index is 0.0744. The Morgan fingerprint density at radius 3 is 0.842 bits per heavy atom. The molecule has 4 heteroatoms. The van der Waals surface area contributed by atoms with Gasteiger partial charge in [0.25, 0.3) is 0 Å². The molecule has 6 aromatic carbocycles. The predicted octanol–water partition coefficient (Wildman–Crippen LogP) is 13.3. The van der Waals surface area contributed by atoms with Crippen LogP contribution in [-0.2, 0) is 28.1 Å². The Bertz CT molecular complexity index is 2000. The summed E-state index contributed by atoms with van der Waals surface area (Å²) >= 11 is 0. The molecule has 0 aliphatic heterocycles. The van der Waals surface area contributed by atoms with Crippen molar-refractivity contribution in [2.75, 3.05) is 0 Å². The topological polar surface area (TPSA) is 18.5 Å². The van der Waals surface area contributed by atoms with Gasteiger partial charge in [0.1, 0.15) is 11.5 Å². The lowest BCUT2D eigenvalue weighted by Crippen LogP contribution is -2.22. The minimum Gasteiger partial charge on any atom is -0.464 e. The van der Waals surface area contributed by atoms with Gasteiger partial charge in [-0.2, -0.15) is 0 Å². The molecule has 0 heterocycles. The van der Waals surface area contributed by atoms with Crippen molar-refractivity contribution in [2.24, 2.45) is 0 Å². The molecule has 0 atom stereocenters. The van der Waals surface area contributed by atoms with E-state index in [0.717, 1.165) is 11.5 Å². The molecule has 2 nitrogen and oxygen atoms in total. The molecule has 0 fully saturated rings. The average molecular weight is 793 g/mol. The molecule has 0 amide bonds. The quantitative estimate of drug-likeness (QED) is 0.129. The van der Waals surface area contributed by atoms with Crippen LogP contribution in [-0.4, -0.2) is 0 Å². The van der Waals surface area contributed by atoms with Crippen molar-refractivity contribution in [3.05, 3.63) is 179 Å². The Morgan fingerprint density at radius 2 is 0.614 bits per heavy atom. The van der Waals surface area contributed by atoms with Crippen molar-refractivity contribution in [3.8, 4) is 11.5 Å². The summed E-state index contributed by atoms with van der Waals surface area (Å²) in [6.45, 7) is 27.8. The van der Waals surface area contributed by atoms with Crippen LogP contribution in [0.1, 0.15) is 116 Å². The summed E-state index contributed by atoms with van der Waals surface area (Å²) in [5, 5.41) is 4.76. The maximum Gasteiger partial charge on any atom is 0.150 e. The highest BCUT2D eigenvalue weighted by molar-refractivity contribution is 7.69. The molecule has 0 aliphatic carbocycles. The first-order valence-corrected chi connectivity index (χ1v) is 22.8. The summed E-state index contributed by atoms with van der Waals surface area (Å²) in [4.78, 5) is 0. The van der Waals surface area contributed by atoms with Crippen LogP contribution < -0.4 is 30.3 Å². The molecule has 57 heavy (non-hydrogen) atoms. The third kappa shape index (κ3) is 10.3. The second-order valence-electron chi connectivity index (χ2n) is 19.3. The molecule has 0 radical (unpaired) electrons. The SMILES string of the molecule is CC(C)(C)c1cc(Cc2cc(C(C)(C)C)cc(C(C)(C)C)c2OP(c2ccccc2)c2ccccc2)c(OP(c2ccccc2)c2ccccc2)c(C(C)(C)C)c1. The Balaban J connectivity index is 1.65. The summed E-state index contributed by atoms with van der Waals surface area (Å²) in [7, 11) is -2.36. The first-order chi connectivity index (χ1) is 26.8. The van der Waals surface area contributed by atoms with Gasteiger partial charge in [-0.05, 0) is 43.9 Å². The normalized spacial score (nSPS) is 12.6. The van der Waals surface area contributed by atoms with Crippen molar-refractivity contribution >= 4 is 37.5 Å². The number of hydrogen-bond donors (Lipinski definition) is 0. The zero-order chi connectivity index (χ0) is 41.2. The summed E-state index contributed by atoms with van der Waals surface area (Å²) < 4.78 is 15.2. The van der Waals surface area contributed by atoms with E-state index < -0.39 is 16.3 Å². The third-order valence-electron chi connectivity index (χ3n) is 10.4. The molecule has 0 aromatic heterocycles.